The molecule has 0 saturated carbocycles. The predicted octanol–water partition coefficient (Wildman–Crippen LogP) is 1.41. The second kappa shape index (κ2) is 2.79. The van der Waals surface area contributed by atoms with Gasteiger partial charge in [-0.3, -0.25) is 9.89 Å². The molecule has 0 aromatic carbocycles. The molecule has 1 N–H and O–H groups in total. The Bertz CT molecular complexity index is 262. The van der Waals surface area contributed by atoms with E-state index in [2.05, 4.69) is 5.10 Å². The van der Waals surface area contributed by atoms with Gasteiger partial charge in [0.1, 0.15) is 5.69 Å². The number of rotatable bonds is 1. The van der Waals surface area contributed by atoms with Gasteiger partial charge in [-0.1, -0.05) is 0 Å². The highest BCUT2D eigenvalue weighted by molar-refractivity contribution is 5.40. The fraction of sp³-hybridized carbons (Fsp3) is 0.625. The molecule has 0 unspecified atom stereocenters. The first kappa shape index (κ1) is 9.06. The fourth-order valence-corrected chi connectivity index (χ4v) is 0.905. The Morgan fingerprint density at radius 1 is 1.50 bits per heavy atom. The van der Waals surface area contributed by atoms with Crippen molar-refractivity contribution in [1.82, 2.24) is 9.78 Å². The van der Waals surface area contributed by atoms with Crippen molar-refractivity contribution in [2.45, 2.75) is 26.3 Å². The molecule has 0 aliphatic heterocycles. The number of anilines is 1. The van der Waals surface area contributed by atoms with Crippen molar-refractivity contribution in [3.05, 3.63) is 12.4 Å². The van der Waals surface area contributed by atoms with Crippen LogP contribution in [-0.4, -0.2) is 20.5 Å². The third-order valence-electron chi connectivity index (χ3n) is 1.57. The summed E-state index contributed by atoms with van der Waals surface area (Å²) in [5, 5.41) is 14.8. The Morgan fingerprint density at radius 2 is 2.08 bits per heavy atom. The molecule has 0 spiro atoms. The molecule has 0 atom stereocenters. The highest BCUT2D eigenvalue weighted by atomic mass is 16.5. The maximum atomic E-state index is 9.65. The Morgan fingerprint density at radius 3 is 2.42 bits per heavy atom. The molecular weight excluding hydrogens is 154 g/mol. The summed E-state index contributed by atoms with van der Waals surface area (Å²) in [5.41, 5.74) is 0.424. The number of hydroxylamine groups is 1. The maximum absolute atomic E-state index is 9.65. The molecule has 0 bridgehead atoms. The van der Waals surface area contributed by atoms with Crippen LogP contribution in [0, 0.1) is 0 Å². The first-order valence-corrected chi connectivity index (χ1v) is 3.89. The van der Waals surface area contributed by atoms with Crippen molar-refractivity contribution in [3.8, 4) is 0 Å². The first-order chi connectivity index (χ1) is 5.41. The Kier molecular flexibility index (Phi) is 2.10. The van der Waals surface area contributed by atoms with Gasteiger partial charge in [0.15, 0.2) is 0 Å². The normalized spacial score (nSPS) is 11.8. The van der Waals surface area contributed by atoms with Gasteiger partial charge in [0.05, 0.1) is 17.9 Å². The second-order valence-electron chi connectivity index (χ2n) is 3.85. The lowest BCUT2D eigenvalue weighted by molar-refractivity contribution is 0.181. The molecule has 4 nitrogen and oxygen atoms in total. The quantitative estimate of drug-likeness (QED) is 0.646. The van der Waals surface area contributed by atoms with Crippen LogP contribution >= 0.6 is 0 Å². The highest BCUT2D eigenvalue weighted by Gasteiger charge is 2.20. The molecular formula is C8H15N3O. The standard InChI is InChI=1S/C8H15N3O/c1-8(2,3)11(12)7-5-9-10(4)6-7/h5-6,12H,1-4H3. The van der Waals surface area contributed by atoms with E-state index in [1.54, 1.807) is 17.1 Å². The van der Waals surface area contributed by atoms with E-state index in [9.17, 15) is 5.21 Å². The van der Waals surface area contributed by atoms with Gasteiger partial charge in [0.25, 0.3) is 0 Å². The van der Waals surface area contributed by atoms with Gasteiger partial charge in [-0.2, -0.15) is 5.10 Å². The van der Waals surface area contributed by atoms with Crippen molar-refractivity contribution in [3.63, 3.8) is 0 Å². The van der Waals surface area contributed by atoms with Crippen molar-refractivity contribution < 1.29 is 5.21 Å². The summed E-state index contributed by atoms with van der Waals surface area (Å²) in [5.74, 6) is 0. The summed E-state index contributed by atoms with van der Waals surface area (Å²) in [4.78, 5) is 0. The zero-order valence-corrected chi connectivity index (χ0v) is 7.94. The van der Waals surface area contributed by atoms with Crippen molar-refractivity contribution in [2.75, 3.05) is 5.06 Å². The Labute approximate surface area is 72.4 Å². The topological polar surface area (TPSA) is 41.3 Å². The number of aryl methyl sites for hydroxylation is 1. The molecule has 68 valence electrons. The third-order valence-corrected chi connectivity index (χ3v) is 1.57. The lowest BCUT2D eigenvalue weighted by atomic mass is 10.1. The zero-order valence-electron chi connectivity index (χ0n) is 7.94. The van der Waals surface area contributed by atoms with Crippen LogP contribution in [0.2, 0.25) is 0 Å². The minimum absolute atomic E-state index is 0.289. The molecule has 12 heavy (non-hydrogen) atoms. The first-order valence-electron chi connectivity index (χ1n) is 3.89. The van der Waals surface area contributed by atoms with Gasteiger partial charge in [-0.15, -0.1) is 0 Å². The number of hydrogen-bond donors (Lipinski definition) is 1. The van der Waals surface area contributed by atoms with E-state index in [0.29, 0.717) is 5.69 Å². The lowest BCUT2D eigenvalue weighted by Crippen LogP contribution is -2.38. The van der Waals surface area contributed by atoms with E-state index in [1.807, 2.05) is 27.8 Å². The van der Waals surface area contributed by atoms with Crippen LogP contribution in [0.25, 0.3) is 0 Å². The zero-order chi connectivity index (χ0) is 9.35. The summed E-state index contributed by atoms with van der Waals surface area (Å²) in [6, 6.07) is 0. The van der Waals surface area contributed by atoms with Crippen molar-refractivity contribution in [2.24, 2.45) is 7.05 Å². The van der Waals surface area contributed by atoms with E-state index in [0.717, 1.165) is 0 Å². The molecule has 0 aliphatic rings. The molecule has 0 aliphatic carbocycles. The van der Waals surface area contributed by atoms with E-state index in [-0.39, 0.29) is 5.54 Å². The Balaban J connectivity index is 2.85. The van der Waals surface area contributed by atoms with Crippen LogP contribution in [0.1, 0.15) is 20.8 Å². The fourth-order valence-electron chi connectivity index (χ4n) is 0.905. The van der Waals surface area contributed by atoms with Gasteiger partial charge >= 0.3 is 0 Å². The predicted molar refractivity (Wildman–Crippen MR) is 47.2 cm³/mol. The van der Waals surface area contributed by atoms with E-state index in [4.69, 9.17) is 0 Å². The summed E-state index contributed by atoms with van der Waals surface area (Å²) in [7, 11) is 1.82. The number of hydrogen-bond acceptors (Lipinski definition) is 3. The minimum atomic E-state index is -0.289. The van der Waals surface area contributed by atoms with Gasteiger partial charge < -0.3 is 0 Å². The van der Waals surface area contributed by atoms with Gasteiger partial charge in [0.2, 0.25) is 0 Å². The van der Waals surface area contributed by atoms with Gasteiger partial charge in [-0.25, -0.2) is 5.06 Å². The molecule has 0 amide bonds. The molecule has 1 heterocycles. The van der Waals surface area contributed by atoms with E-state index >= 15 is 0 Å². The van der Waals surface area contributed by atoms with Crippen LogP contribution in [-0.2, 0) is 7.05 Å². The van der Waals surface area contributed by atoms with E-state index < -0.39 is 0 Å². The van der Waals surface area contributed by atoms with Crippen LogP contribution in [0.15, 0.2) is 12.4 Å². The lowest BCUT2D eigenvalue weighted by Gasteiger charge is -2.29. The van der Waals surface area contributed by atoms with Crippen LogP contribution < -0.4 is 5.06 Å². The van der Waals surface area contributed by atoms with Crippen LogP contribution in [0.3, 0.4) is 0 Å². The average molecular weight is 169 g/mol. The van der Waals surface area contributed by atoms with Crippen LogP contribution in [0.4, 0.5) is 5.69 Å². The second-order valence-corrected chi connectivity index (χ2v) is 3.85. The molecule has 1 aromatic heterocycles. The summed E-state index contributed by atoms with van der Waals surface area (Å²) in [6.45, 7) is 5.79. The minimum Gasteiger partial charge on any atom is -0.288 e. The number of nitrogens with zero attached hydrogens (tertiary/aromatic N) is 3. The highest BCUT2D eigenvalue weighted by Crippen LogP contribution is 2.19. The smallest absolute Gasteiger partial charge is 0.102 e. The van der Waals surface area contributed by atoms with Crippen molar-refractivity contribution >= 4 is 5.69 Å². The van der Waals surface area contributed by atoms with E-state index in [1.165, 1.54) is 5.06 Å². The summed E-state index contributed by atoms with van der Waals surface area (Å²) >= 11 is 0. The molecule has 0 fully saturated rings. The molecule has 1 rings (SSSR count). The monoisotopic (exact) mass is 169 g/mol. The average Bonchev–Trinajstić information content (AvgIpc) is 2.32. The molecule has 0 saturated heterocycles. The third kappa shape index (κ3) is 1.76. The Hall–Kier alpha value is -1.03. The summed E-state index contributed by atoms with van der Waals surface area (Å²) in [6.07, 6.45) is 3.40. The molecule has 4 heteroatoms. The molecule has 1 aromatic rings. The summed E-state index contributed by atoms with van der Waals surface area (Å²) < 4.78 is 1.66. The SMILES string of the molecule is Cn1cc(N(O)C(C)(C)C)cn1. The number of aromatic nitrogens is 2. The van der Waals surface area contributed by atoms with Crippen molar-refractivity contribution in [1.29, 1.82) is 0 Å². The molecule has 0 radical (unpaired) electrons. The largest absolute Gasteiger partial charge is 0.288 e. The van der Waals surface area contributed by atoms with Crippen LogP contribution in [0.5, 0.6) is 0 Å². The van der Waals surface area contributed by atoms with Gasteiger partial charge in [-0.05, 0) is 20.8 Å². The van der Waals surface area contributed by atoms with Gasteiger partial charge in [0, 0.05) is 7.05 Å². The maximum Gasteiger partial charge on any atom is 0.102 e.